The van der Waals surface area contributed by atoms with Crippen LogP contribution >= 0.6 is 0 Å². The number of rotatable bonds is 6. The van der Waals surface area contributed by atoms with E-state index in [0.717, 1.165) is 4.68 Å². The number of aromatic nitrogens is 2. The number of nitrogens with one attached hydrogen (secondary N) is 1. The van der Waals surface area contributed by atoms with Gasteiger partial charge < -0.3 is 10.4 Å². The molecule has 7 heteroatoms. The lowest BCUT2D eigenvalue weighted by Gasteiger charge is -2.31. The van der Waals surface area contributed by atoms with Crippen LogP contribution in [0.2, 0.25) is 0 Å². The molecule has 1 amide bonds. The van der Waals surface area contributed by atoms with Gasteiger partial charge in [-0.25, -0.2) is 4.68 Å². The number of carbonyl (C=O) groups excluding carboxylic acids is 1. The van der Waals surface area contributed by atoms with Gasteiger partial charge in [-0.05, 0) is 18.9 Å². The average molecular weight is 281 g/mol. The number of carboxylic acid groups (broad SMARTS) is 1. The molecule has 0 spiro atoms. The van der Waals surface area contributed by atoms with Crippen molar-refractivity contribution in [1.82, 2.24) is 15.1 Å². The number of hydrogen-bond acceptors (Lipinski definition) is 4. The highest BCUT2D eigenvalue weighted by atomic mass is 16.4. The van der Waals surface area contributed by atoms with Crippen molar-refractivity contribution in [3.8, 4) is 0 Å². The highest BCUT2D eigenvalue weighted by Gasteiger charge is 2.31. The van der Waals surface area contributed by atoms with Gasteiger partial charge in [0.1, 0.15) is 5.69 Å². The molecule has 0 radical (unpaired) electrons. The molecule has 0 saturated heterocycles. The number of aliphatic carboxylic acids is 1. The molecule has 0 fully saturated rings. The number of hydrogen-bond donors (Lipinski definition) is 2. The molecule has 0 saturated carbocycles. The molecule has 0 aliphatic rings. The maximum atomic E-state index is 12.1. The van der Waals surface area contributed by atoms with Gasteiger partial charge in [-0.3, -0.25) is 14.4 Å². The summed E-state index contributed by atoms with van der Waals surface area (Å²) in [5, 5.41) is 15.5. The second-order valence-electron chi connectivity index (χ2n) is 4.69. The fourth-order valence-electron chi connectivity index (χ4n) is 1.94. The third-order valence-electron chi connectivity index (χ3n) is 3.41. The number of carbonyl (C=O) groups is 2. The van der Waals surface area contributed by atoms with Gasteiger partial charge >= 0.3 is 5.97 Å². The van der Waals surface area contributed by atoms with E-state index in [4.69, 9.17) is 5.11 Å². The Balaban J connectivity index is 2.98. The first-order chi connectivity index (χ1) is 9.33. The molecule has 0 bridgehead atoms. The van der Waals surface area contributed by atoms with E-state index in [1.165, 1.54) is 19.2 Å². The molecule has 0 unspecified atom stereocenters. The van der Waals surface area contributed by atoms with Crippen LogP contribution in [0.1, 0.15) is 43.6 Å². The summed E-state index contributed by atoms with van der Waals surface area (Å²) in [5.41, 5.74) is -1.03. The van der Waals surface area contributed by atoms with Crippen molar-refractivity contribution < 1.29 is 14.7 Å². The van der Waals surface area contributed by atoms with E-state index < -0.39 is 17.4 Å². The average Bonchev–Trinajstić information content (AvgIpc) is 2.40. The minimum absolute atomic E-state index is 0.0868. The maximum Gasteiger partial charge on any atom is 0.305 e. The van der Waals surface area contributed by atoms with E-state index in [2.05, 4.69) is 10.4 Å². The molecule has 0 aliphatic heterocycles. The zero-order chi connectivity index (χ0) is 15.3. The molecule has 20 heavy (non-hydrogen) atoms. The number of aryl methyl sites for hydroxylation is 1. The lowest BCUT2D eigenvalue weighted by Crippen LogP contribution is -2.49. The van der Waals surface area contributed by atoms with Crippen LogP contribution in [-0.4, -0.2) is 32.3 Å². The predicted octanol–water partition coefficient (Wildman–Crippen LogP) is 0.544. The van der Waals surface area contributed by atoms with E-state index in [1.54, 1.807) is 0 Å². The van der Waals surface area contributed by atoms with Crippen LogP contribution in [0.25, 0.3) is 0 Å². The quantitative estimate of drug-likeness (QED) is 0.792. The van der Waals surface area contributed by atoms with Crippen LogP contribution in [0.4, 0.5) is 0 Å². The molecular weight excluding hydrogens is 262 g/mol. The maximum absolute atomic E-state index is 12.1. The molecular formula is C13H19N3O4. The van der Waals surface area contributed by atoms with Crippen molar-refractivity contribution in [3.63, 3.8) is 0 Å². The molecule has 1 rings (SSSR count). The summed E-state index contributed by atoms with van der Waals surface area (Å²) in [7, 11) is 1.45. The third-order valence-corrected chi connectivity index (χ3v) is 3.41. The van der Waals surface area contributed by atoms with Gasteiger partial charge in [0.25, 0.3) is 11.5 Å². The molecule has 7 nitrogen and oxygen atoms in total. The summed E-state index contributed by atoms with van der Waals surface area (Å²) in [6.07, 6.45) is 0.831. The monoisotopic (exact) mass is 281 g/mol. The fourth-order valence-corrected chi connectivity index (χ4v) is 1.94. The topological polar surface area (TPSA) is 101 Å². The van der Waals surface area contributed by atoms with Crippen molar-refractivity contribution in [1.29, 1.82) is 0 Å². The van der Waals surface area contributed by atoms with Gasteiger partial charge in [0.2, 0.25) is 0 Å². The molecule has 2 N–H and O–H groups in total. The molecule has 1 aromatic heterocycles. The fraction of sp³-hybridized carbons (Fsp3) is 0.538. The standard InChI is InChI=1S/C13H19N3O4/c1-4-13(5-2,8-11(18)19)14-12(20)9-6-7-10(17)16(3)15-9/h6-7H,4-5,8H2,1-3H3,(H,14,20)(H,18,19). The zero-order valence-corrected chi connectivity index (χ0v) is 11.8. The second-order valence-corrected chi connectivity index (χ2v) is 4.69. The number of carboxylic acids is 1. The molecule has 1 aromatic rings. The Labute approximate surface area is 116 Å². The lowest BCUT2D eigenvalue weighted by atomic mass is 9.89. The smallest absolute Gasteiger partial charge is 0.305 e. The number of nitrogens with zero attached hydrogens (tertiary/aromatic N) is 2. The largest absolute Gasteiger partial charge is 0.481 e. The van der Waals surface area contributed by atoms with Gasteiger partial charge in [0, 0.05) is 13.1 Å². The van der Waals surface area contributed by atoms with E-state index in [1.807, 2.05) is 13.8 Å². The van der Waals surface area contributed by atoms with Gasteiger partial charge in [-0.1, -0.05) is 13.8 Å². The van der Waals surface area contributed by atoms with Crippen LogP contribution in [0.5, 0.6) is 0 Å². The van der Waals surface area contributed by atoms with E-state index >= 15 is 0 Å². The highest BCUT2D eigenvalue weighted by Crippen LogP contribution is 2.20. The van der Waals surface area contributed by atoms with Gasteiger partial charge in [-0.2, -0.15) is 5.10 Å². The van der Waals surface area contributed by atoms with Crippen molar-refractivity contribution in [3.05, 3.63) is 28.2 Å². The lowest BCUT2D eigenvalue weighted by molar-refractivity contribution is -0.138. The molecule has 0 aliphatic carbocycles. The number of amides is 1. The van der Waals surface area contributed by atoms with E-state index in [-0.39, 0.29) is 17.7 Å². The minimum atomic E-state index is -0.970. The van der Waals surface area contributed by atoms with Gasteiger partial charge in [0.15, 0.2) is 0 Å². The SMILES string of the molecule is CCC(CC)(CC(=O)O)NC(=O)c1ccc(=O)n(C)n1. The molecule has 0 aromatic carbocycles. The summed E-state index contributed by atoms with van der Waals surface area (Å²) in [6, 6.07) is 2.58. The Morgan fingerprint density at radius 2 is 1.95 bits per heavy atom. The normalized spacial score (nSPS) is 11.2. The van der Waals surface area contributed by atoms with Gasteiger partial charge in [0.05, 0.1) is 12.0 Å². The van der Waals surface area contributed by atoms with Crippen molar-refractivity contribution in [2.75, 3.05) is 0 Å². The molecule has 1 heterocycles. The van der Waals surface area contributed by atoms with Crippen LogP contribution in [0.3, 0.4) is 0 Å². The van der Waals surface area contributed by atoms with Crippen molar-refractivity contribution in [2.24, 2.45) is 7.05 Å². The third kappa shape index (κ3) is 3.66. The summed E-state index contributed by atoms with van der Waals surface area (Å²) >= 11 is 0. The molecule has 110 valence electrons. The Bertz CT molecular complexity index is 561. The van der Waals surface area contributed by atoms with Crippen LogP contribution in [-0.2, 0) is 11.8 Å². The second kappa shape index (κ2) is 6.31. The summed E-state index contributed by atoms with van der Waals surface area (Å²) in [4.78, 5) is 34.3. The van der Waals surface area contributed by atoms with Crippen molar-refractivity contribution >= 4 is 11.9 Å². The van der Waals surface area contributed by atoms with Crippen LogP contribution < -0.4 is 10.9 Å². The highest BCUT2D eigenvalue weighted by molar-refractivity contribution is 5.92. The van der Waals surface area contributed by atoms with Gasteiger partial charge in [-0.15, -0.1) is 0 Å². The Hall–Kier alpha value is -2.18. The van der Waals surface area contributed by atoms with E-state index in [0.29, 0.717) is 12.8 Å². The molecule has 0 atom stereocenters. The first-order valence-corrected chi connectivity index (χ1v) is 6.42. The van der Waals surface area contributed by atoms with Crippen LogP contribution in [0, 0.1) is 0 Å². The summed E-state index contributed by atoms with van der Waals surface area (Å²) in [6.45, 7) is 3.64. The Morgan fingerprint density at radius 3 is 2.40 bits per heavy atom. The summed E-state index contributed by atoms with van der Waals surface area (Å²) < 4.78 is 1.06. The first-order valence-electron chi connectivity index (χ1n) is 6.42. The predicted molar refractivity (Wildman–Crippen MR) is 72.5 cm³/mol. The van der Waals surface area contributed by atoms with Crippen molar-refractivity contribution in [2.45, 2.75) is 38.6 Å². The first kappa shape index (κ1) is 15.9. The van der Waals surface area contributed by atoms with E-state index in [9.17, 15) is 14.4 Å². The minimum Gasteiger partial charge on any atom is -0.481 e. The Kier molecular flexibility index (Phi) is 5.01. The Morgan fingerprint density at radius 1 is 1.35 bits per heavy atom. The van der Waals surface area contributed by atoms with Crippen LogP contribution in [0.15, 0.2) is 16.9 Å². The summed E-state index contributed by atoms with van der Waals surface area (Å²) in [5.74, 6) is -1.45. The zero-order valence-electron chi connectivity index (χ0n) is 11.8.